The lowest BCUT2D eigenvalue weighted by Crippen LogP contribution is -2.42. The zero-order valence-electron chi connectivity index (χ0n) is 10.8. The molecule has 0 heterocycles. The van der Waals surface area contributed by atoms with E-state index in [1.54, 1.807) is 0 Å². The fourth-order valence-electron chi connectivity index (χ4n) is 1.97. The molecule has 0 spiro atoms. The molecule has 1 saturated carbocycles. The van der Waals surface area contributed by atoms with E-state index >= 15 is 0 Å². The highest BCUT2D eigenvalue weighted by molar-refractivity contribution is 5.78. The maximum absolute atomic E-state index is 11.7. The van der Waals surface area contributed by atoms with Gasteiger partial charge in [-0.3, -0.25) is 4.79 Å². The second kappa shape index (κ2) is 4.98. The summed E-state index contributed by atoms with van der Waals surface area (Å²) in [6.07, 6.45) is 1.69. The van der Waals surface area contributed by atoms with Gasteiger partial charge in [0.05, 0.1) is 12.1 Å². The molecule has 0 radical (unpaired) electrons. The van der Waals surface area contributed by atoms with Crippen molar-refractivity contribution in [3.63, 3.8) is 0 Å². The summed E-state index contributed by atoms with van der Waals surface area (Å²) < 4.78 is 5.45. The number of rotatable bonds is 5. The van der Waals surface area contributed by atoms with Gasteiger partial charge in [-0.1, -0.05) is 6.07 Å². The van der Waals surface area contributed by atoms with Crippen molar-refractivity contribution < 1.29 is 14.6 Å². The quantitative estimate of drug-likeness (QED) is 0.827. The molecule has 0 aromatic heterocycles. The summed E-state index contributed by atoms with van der Waals surface area (Å²) in [5, 5.41) is 11.9. The van der Waals surface area contributed by atoms with Crippen LogP contribution in [0.25, 0.3) is 0 Å². The van der Waals surface area contributed by atoms with Gasteiger partial charge in [-0.25, -0.2) is 0 Å². The molecule has 0 atom stereocenters. The first-order valence-electron chi connectivity index (χ1n) is 6.16. The van der Waals surface area contributed by atoms with Gasteiger partial charge in [-0.05, 0) is 49.9 Å². The van der Waals surface area contributed by atoms with Crippen LogP contribution in [0.1, 0.15) is 24.0 Å². The second-order valence-electron chi connectivity index (χ2n) is 5.10. The maximum atomic E-state index is 11.7. The van der Waals surface area contributed by atoms with E-state index in [0.29, 0.717) is 5.75 Å². The first-order chi connectivity index (χ1) is 8.53. The SMILES string of the molecule is Cc1cc(C)cc(OCC(=O)NC2(CO)CC2)c1. The normalized spacial score (nSPS) is 16.2. The Morgan fingerprint density at radius 2 is 1.94 bits per heavy atom. The summed E-state index contributed by atoms with van der Waals surface area (Å²) in [5.41, 5.74) is 1.85. The van der Waals surface area contributed by atoms with Crippen molar-refractivity contribution in [1.82, 2.24) is 5.32 Å². The molecule has 0 bridgehead atoms. The molecular formula is C14H19NO3. The average molecular weight is 249 g/mol. The molecule has 1 aromatic carbocycles. The number of ether oxygens (including phenoxy) is 1. The zero-order chi connectivity index (χ0) is 13.2. The fourth-order valence-corrected chi connectivity index (χ4v) is 1.97. The van der Waals surface area contributed by atoms with Crippen LogP contribution in [-0.2, 0) is 4.79 Å². The Morgan fingerprint density at radius 3 is 2.44 bits per heavy atom. The standard InChI is InChI=1S/C14H19NO3/c1-10-5-11(2)7-12(6-10)18-8-13(17)15-14(9-16)3-4-14/h5-7,16H,3-4,8-9H2,1-2H3,(H,15,17). The van der Waals surface area contributed by atoms with Crippen molar-refractivity contribution in [3.05, 3.63) is 29.3 Å². The van der Waals surface area contributed by atoms with Crippen LogP contribution in [0.15, 0.2) is 18.2 Å². The largest absolute Gasteiger partial charge is 0.484 e. The van der Waals surface area contributed by atoms with Gasteiger partial charge in [0.25, 0.3) is 5.91 Å². The lowest BCUT2D eigenvalue weighted by Gasteiger charge is -2.14. The predicted molar refractivity (Wildman–Crippen MR) is 68.6 cm³/mol. The first kappa shape index (κ1) is 12.9. The van der Waals surface area contributed by atoms with E-state index < -0.39 is 0 Å². The average Bonchev–Trinajstić information content (AvgIpc) is 3.06. The van der Waals surface area contributed by atoms with Crippen LogP contribution in [0.4, 0.5) is 0 Å². The topological polar surface area (TPSA) is 58.6 Å². The highest BCUT2D eigenvalue weighted by Gasteiger charge is 2.43. The molecule has 0 saturated heterocycles. The van der Waals surface area contributed by atoms with Gasteiger partial charge in [0.2, 0.25) is 0 Å². The molecule has 4 heteroatoms. The van der Waals surface area contributed by atoms with Crippen LogP contribution < -0.4 is 10.1 Å². The van der Waals surface area contributed by atoms with Gasteiger partial charge in [0.1, 0.15) is 5.75 Å². The minimum atomic E-state index is -0.372. The molecule has 2 rings (SSSR count). The number of amides is 1. The van der Waals surface area contributed by atoms with Crippen LogP contribution in [0.5, 0.6) is 5.75 Å². The van der Waals surface area contributed by atoms with Crippen LogP contribution in [0.2, 0.25) is 0 Å². The van der Waals surface area contributed by atoms with Crippen molar-refractivity contribution in [2.45, 2.75) is 32.2 Å². The van der Waals surface area contributed by atoms with Crippen molar-refractivity contribution in [1.29, 1.82) is 0 Å². The molecule has 0 unspecified atom stereocenters. The van der Waals surface area contributed by atoms with Crippen LogP contribution in [0.3, 0.4) is 0 Å². The summed E-state index contributed by atoms with van der Waals surface area (Å²) >= 11 is 0. The van der Waals surface area contributed by atoms with E-state index in [0.717, 1.165) is 24.0 Å². The number of aryl methyl sites for hydroxylation is 2. The first-order valence-corrected chi connectivity index (χ1v) is 6.16. The molecular weight excluding hydrogens is 230 g/mol. The summed E-state index contributed by atoms with van der Waals surface area (Å²) in [6.45, 7) is 3.97. The third kappa shape index (κ3) is 3.23. The van der Waals surface area contributed by atoms with Gasteiger partial charge >= 0.3 is 0 Å². The Balaban J connectivity index is 1.85. The molecule has 1 amide bonds. The van der Waals surface area contributed by atoms with Gasteiger partial charge in [0.15, 0.2) is 6.61 Å². The molecule has 1 fully saturated rings. The molecule has 0 aliphatic heterocycles. The van der Waals surface area contributed by atoms with Gasteiger partial charge in [-0.15, -0.1) is 0 Å². The van der Waals surface area contributed by atoms with Gasteiger partial charge in [0, 0.05) is 0 Å². The summed E-state index contributed by atoms with van der Waals surface area (Å²) in [6, 6.07) is 5.86. The van der Waals surface area contributed by atoms with Crippen molar-refractivity contribution >= 4 is 5.91 Å². The maximum Gasteiger partial charge on any atom is 0.258 e. The molecule has 98 valence electrons. The van der Waals surface area contributed by atoms with E-state index in [1.165, 1.54) is 0 Å². The molecule has 1 aliphatic rings. The Morgan fingerprint density at radius 1 is 1.33 bits per heavy atom. The molecule has 1 aromatic rings. The lowest BCUT2D eigenvalue weighted by atomic mass is 10.1. The number of nitrogens with one attached hydrogen (secondary N) is 1. The third-order valence-corrected chi connectivity index (χ3v) is 3.13. The third-order valence-electron chi connectivity index (χ3n) is 3.13. The Hall–Kier alpha value is -1.55. The van der Waals surface area contributed by atoms with Crippen LogP contribution in [-0.4, -0.2) is 29.8 Å². The number of hydrogen-bond acceptors (Lipinski definition) is 3. The zero-order valence-corrected chi connectivity index (χ0v) is 10.8. The van der Waals surface area contributed by atoms with Gasteiger partial charge in [-0.2, -0.15) is 0 Å². The molecule has 4 nitrogen and oxygen atoms in total. The van der Waals surface area contributed by atoms with E-state index in [4.69, 9.17) is 9.84 Å². The van der Waals surface area contributed by atoms with E-state index in [2.05, 4.69) is 11.4 Å². The predicted octanol–water partition coefficient (Wildman–Crippen LogP) is 1.32. The number of hydrogen-bond donors (Lipinski definition) is 2. The number of benzene rings is 1. The van der Waals surface area contributed by atoms with Crippen LogP contribution >= 0.6 is 0 Å². The highest BCUT2D eigenvalue weighted by atomic mass is 16.5. The van der Waals surface area contributed by atoms with Crippen molar-refractivity contribution in [2.75, 3.05) is 13.2 Å². The van der Waals surface area contributed by atoms with Crippen molar-refractivity contribution in [3.8, 4) is 5.75 Å². The Kier molecular flexibility index (Phi) is 3.57. The van der Waals surface area contributed by atoms with E-state index in [1.807, 2.05) is 26.0 Å². The number of carbonyl (C=O) groups excluding carboxylic acids is 1. The number of carbonyl (C=O) groups is 1. The number of aliphatic hydroxyl groups excluding tert-OH is 1. The lowest BCUT2D eigenvalue weighted by molar-refractivity contribution is -0.124. The smallest absolute Gasteiger partial charge is 0.258 e. The minimum Gasteiger partial charge on any atom is -0.484 e. The Bertz CT molecular complexity index is 432. The fraction of sp³-hybridized carbons (Fsp3) is 0.500. The monoisotopic (exact) mass is 249 g/mol. The molecule has 2 N–H and O–H groups in total. The minimum absolute atomic E-state index is 0.00228. The van der Waals surface area contributed by atoms with Crippen LogP contribution in [0, 0.1) is 13.8 Å². The molecule has 1 aliphatic carbocycles. The summed E-state index contributed by atoms with van der Waals surface area (Å²) in [5.74, 6) is 0.525. The highest BCUT2D eigenvalue weighted by Crippen LogP contribution is 2.34. The van der Waals surface area contributed by atoms with E-state index in [-0.39, 0.29) is 24.7 Å². The van der Waals surface area contributed by atoms with Crippen molar-refractivity contribution in [2.24, 2.45) is 0 Å². The van der Waals surface area contributed by atoms with Gasteiger partial charge < -0.3 is 15.2 Å². The Labute approximate surface area is 107 Å². The summed E-state index contributed by atoms with van der Waals surface area (Å²) in [4.78, 5) is 11.7. The molecule has 18 heavy (non-hydrogen) atoms. The van der Waals surface area contributed by atoms with E-state index in [9.17, 15) is 4.79 Å². The second-order valence-corrected chi connectivity index (χ2v) is 5.10. The number of aliphatic hydroxyl groups is 1. The summed E-state index contributed by atoms with van der Waals surface area (Å²) in [7, 11) is 0.